The molecule has 1 aliphatic rings. The maximum Gasteiger partial charge on any atom is 0.277 e. The number of rotatable bonds is 6. The molecule has 0 aromatic carbocycles. The zero-order chi connectivity index (χ0) is 12.9. The van der Waals surface area contributed by atoms with Crippen molar-refractivity contribution in [3.63, 3.8) is 0 Å². The number of piperidine rings is 1. The highest BCUT2D eigenvalue weighted by molar-refractivity contribution is 7.87. The van der Waals surface area contributed by atoms with Crippen LogP contribution in [0.15, 0.2) is 0 Å². The molecule has 0 radical (unpaired) electrons. The fourth-order valence-electron chi connectivity index (χ4n) is 2.30. The van der Waals surface area contributed by atoms with Crippen LogP contribution >= 0.6 is 0 Å². The molecule has 1 heterocycles. The van der Waals surface area contributed by atoms with Gasteiger partial charge in [0.2, 0.25) is 0 Å². The third-order valence-corrected chi connectivity index (χ3v) is 4.46. The van der Waals surface area contributed by atoms with Gasteiger partial charge in [0.15, 0.2) is 0 Å². The second-order valence-electron chi connectivity index (χ2n) is 5.00. The zero-order valence-electron chi connectivity index (χ0n) is 11.0. The van der Waals surface area contributed by atoms with Crippen LogP contribution in [0.1, 0.15) is 40.0 Å². The SMILES string of the molecule is CCC1CCCNC1CNS(=O)(=O)NC(C)C. The first-order valence-electron chi connectivity index (χ1n) is 6.45. The van der Waals surface area contributed by atoms with Crippen molar-refractivity contribution in [3.05, 3.63) is 0 Å². The number of hydrogen-bond acceptors (Lipinski definition) is 3. The summed E-state index contributed by atoms with van der Waals surface area (Å²) in [5.74, 6) is 0.575. The summed E-state index contributed by atoms with van der Waals surface area (Å²) in [5, 5.41) is 3.39. The lowest BCUT2D eigenvalue weighted by Gasteiger charge is -2.32. The topological polar surface area (TPSA) is 70.2 Å². The Kier molecular flexibility index (Phi) is 5.85. The molecule has 1 saturated heterocycles. The molecule has 6 heteroatoms. The quantitative estimate of drug-likeness (QED) is 0.657. The van der Waals surface area contributed by atoms with Gasteiger partial charge in [0, 0.05) is 18.6 Å². The standard InChI is InChI=1S/C11H25N3O2S/c1-4-10-6-5-7-12-11(10)8-13-17(15,16)14-9(2)3/h9-14H,4-8H2,1-3H3. The molecule has 17 heavy (non-hydrogen) atoms. The Hall–Kier alpha value is -0.170. The van der Waals surface area contributed by atoms with Crippen LogP contribution in [0.5, 0.6) is 0 Å². The average Bonchev–Trinajstić information content (AvgIpc) is 2.25. The minimum atomic E-state index is -3.35. The summed E-state index contributed by atoms with van der Waals surface area (Å²) in [7, 11) is -3.35. The van der Waals surface area contributed by atoms with Gasteiger partial charge in [-0.25, -0.2) is 4.72 Å². The summed E-state index contributed by atoms with van der Waals surface area (Å²) in [6.07, 6.45) is 3.47. The zero-order valence-corrected chi connectivity index (χ0v) is 11.8. The Morgan fingerprint density at radius 3 is 2.71 bits per heavy atom. The third-order valence-electron chi connectivity index (χ3n) is 3.14. The predicted octanol–water partition coefficient (Wildman–Crippen LogP) is 0.597. The van der Waals surface area contributed by atoms with Gasteiger partial charge in [-0.05, 0) is 39.2 Å². The van der Waals surface area contributed by atoms with E-state index >= 15 is 0 Å². The Morgan fingerprint density at radius 2 is 2.12 bits per heavy atom. The highest BCUT2D eigenvalue weighted by Gasteiger charge is 2.24. The van der Waals surface area contributed by atoms with Crippen LogP contribution in [0.2, 0.25) is 0 Å². The van der Waals surface area contributed by atoms with Crippen LogP contribution in [-0.2, 0) is 10.2 Å². The summed E-state index contributed by atoms with van der Waals surface area (Å²) in [6, 6.07) is 0.186. The van der Waals surface area contributed by atoms with E-state index < -0.39 is 10.2 Å². The van der Waals surface area contributed by atoms with Crippen molar-refractivity contribution in [2.24, 2.45) is 5.92 Å². The third kappa shape index (κ3) is 5.33. The number of nitrogens with one attached hydrogen (secondary N) is 3. The summed E-state index contributed by atoms with van der Waals surface area (Å²) >= 11 is 0. The molecule has 1 aliphatic heterocycles. The van der Waals surface area contributed by atoms with Gasteiger partial charge < -0.3 is 5.32 Å². The molecule has 2 atom stereocenters. The maximum atomic E-state index is 11.6. The van der Waals surface area contributed by atoms with E-state index in [2.05, 4.69) is 21.7 Å². The summed E-state index contributed by atoms with van der Waals surface area (Å²) in [5.41, 5.74) is 0. The molecule has 3 N–H and O–H groups in total. The maximum absolute atomic E-state index is 11.6. The highest BCUT2D eigenvalue weighted by atomic mass is 32.2. The molecule has 0 spiro atoms. The minimum absolute atomic E-state index is 0.0752. The van der Waals surface area contributed by atoms with Crippen LogP contribution in [0.4, 0.5) is 0 Å². The normalized spacial score (nSPS) is 26.4. The molecule has 0 amide bonds. The molecule has 2 unspecified atom stereocenters. The number of hydrogen-bond donors (Lipinski definition) is 3. The van der Waals surface area contributed by atoms with Crippen LogP contribution in [0.3, 0.4) is 0 Å². The van der Waals surface area contributed by atoms with Crippen LogP contribution in [0, 0.1) is 5.92 Å². The van der Waals surface area contributed by atoms with Crippen LogP contribution < -0.4 is 14.8 Å². The Balaban J connectivity index is 2.43. The molecular weight excluding hydrogens is 238 g/mol. The molecule has 5 nitrogen and oxygen atoms in total. The smallest absolute Gasteiger partial charge is 0.277 e. The Bertz CT molecular complexity index is 317. The van der Waals surface area contributed by atoms with Crippen molar-refractivity contribution in [1.29, 1.82) is 0 Å². The molecule has 1 rings (SSSR count). The molecule has 1 fully saturated rings. The Morgan fingerprint density at radius 1 is 1.41 bits per heavy atom. The first-order valence-corrected chi connectivity index (χ1v) is 7.93. The first kappa shape index (κ1) is 14.9. The Labute approximate surface area is 105 Å². The molecule has 0 aromatic heterocycles. The fourth-order valence-corrected chi connectivity index (χ4v) is 3.40. The lowest BCUT2D eigenvalue weighted by molar-refractivity contribution is 0.273. The largest absolute Gasteiger partial charge is 0.312 e. The van der Waals surface area contributed by atoms with Crippen molar-refractivity contribution in [3.8, 4) is 0 Å². The monoisotopic (exact) mass is 263 g/mol. The van der Waals surface area contributed by atoms with E-state index in [9.17, 15) is 8.42 Å². The van der Waals surface area contributed by atoms with Gasteiger partial charge in [0.05, 0.1) is 0 Å². The van der Waals surface area contributed by atoms with E-state index in [1.165, 1.54) is 12.8 Å². The second-order valence-corrected chi connectivity index (χ2v) is 6.53. The van der Waals surface area contributed by atoms with E-state index in [4.69, 9.17) is 0 Å². The van der Waals surface area contributed by atoms with Gasteiger partial charge >= 0.3 is 0 Å². The average molecular weight is 263 g/mol. The van der Waals surface area contributed by atoms with E-state index in [1.54, 1.807) is 0 Å². The summed E-state index contributed by atoms with van der Waals surface area (Å²) < 4.78 is 28.4. The molecule has 0 bridgehead atoms. The summed E-state index contributed by atoms with van der Waals surface area (Å²) in [6.45, 7) is 7.24. The van der Waals surface area contributed by atoms with E-state index in [-0.39, 0.29) is 12.1 Å². The van der Waals surface area contributed by atoms with E-state index in [1.807, 2.05) is 13.8 Å². The van der Waals surface area contributed by atoms with Crippen molar-refractivity contribution in [2.45, 2.75) is 52.1 Å². The fraction of sp³-hybridized carbons (Fsp3) is 1.00. The lowest BCUT2D eigenvalue weighted by Crippen LogP contribution is -2.51. The van der Waals surface area contributed by atoms with Gasteiger partial charge in [-0.1, -0.05) is 13.3 Å². The molecule has 102 valence electrons. The van der Waals surface area contributed by atoms with E-state index in [0.717, 1.165) is 13.0 Å². The van der Waals surface area contributed by atoms with Crippen molar-refractivity contribution in [2.75, 3.05) is 13.1 Å². The van der Waals surface area contributed by atoms with Gasteiger partial charge in [0.25, 0.3) is 10.2 Å². The van der Waals surface area contributed by atoms with Crippen molar-refractivity contribution in [1.82, 2.24) is 14.8 Å². The summed E-state index contributed by atoms with van der Waals surface area (Å²) in [4.78, 5) is 0. The van der Waals surface area contributed by atoms with Crippen LogP contribution in [0.25, 0.3) is 0 Å². The molecule has 0 aliphatic carbocycles. The van der Waals surface area contributed by atoms with Crippen molar-refractivity contribution >= 4 is 10.2 Å². The van der Waals surface area contributed by atoms with Gasteiger partial charge in [-0.15, -0.1) is 0 Å². The lowest BCUT2D eigenvalue weighted by atomic mass is 9.89. The van der Waals surface area contributed by atoms with Gasteiger partial charge in [0.1, 0.15) is 0 Å². The highest BCUT2D eigenvalue weighted by Crippen LogP contribution is 2.19. The van der Waals surface area contributed by atoms with Crippen LogP contribution in [-0.4, -0.2) is 33.6 Å². The molecular formula is C11H25N3O2S. The van der Waals surface area contributed by atoms with Gasteiger partial charge in [-0.3, -0.25) is 0 Å². The predicted molar refractivity (Wildman–Crippen MR) is 70.0 cm³/mol. The van der Waals surface area contributed by atoms with Crippen molar-refractivity contribution < 1.29 is 8.42 Å². The van der Waals surface area contributed by atoms with E-state index in [0.29, 0.717) is 12.5 Å². The second kappa shape index (κ2) is 6.68. The first-order chi connectivity index (χ1) is 7.94. The minimum Gasteiger partial charge on any atom is -0.312 e. The van der Waals surface area contributed by atoms with Gasteiger partial charge in [-0.2, -0.15) is 13.1 Å². The molecule has 0 aromatic rings. The molecule has 0 saturated carbocycles.